The lowest BCUT2D eigenvalue weighted by Gasteiger charge is -2.24. The van der Waals surface area contributed by atoms with E-state index in [1.54, 1.807) is 0 Å². The minimum absolute atomic E-state index is 0.106. The Morgan fingerprint density at radius 3 is 2.44 bits per heavy atom. The van der Waals surface area contributed by atoms with Crippen molar-refractivity contribution in [2.45, 2.75) is 64.7 Å². The zero-order valence-corrected chi connectivity index (χ0v) is 20.3. The Hall–Kier alpha value is -3.15. The molecule has 2 heterocycles. The number of imidazole rings is 1. The van der Waals surface area contributed by atoms with Gasteiger partial charge in [-0.2, -0.15) is 0 Å². The van der Waals surface area contributed by atoms with Gasteiger partial charge in [-0.1, -0.05) is 49.7 Å². The van der Waals surface area contributed by atoms with Crippen LogP contribution < -0.4 is 5.32 Å². The number of nitrogens with one attached hydrogen (secondary N) is 1. The fourth-order valence-electron chi connectivity index (χ4n) is 5.10. The highest BCUT2D eigenvalue weighted by Crippen LogP contribution is 2.35. The van der Waals surface area contributed by atoms with Crippen LogP contribution in [0.25, 0.3) is 5.65 Å². The molecule has 0 saturated heterocycles. The van der Waals surface area contributed by atoms with Gasteiger partial charge in [0.25, 0.3) is 5.91 Å². The second-order valence-corrected chi connectivity index (χ2v) is 10.1. The molecule has 1 unspecified atom stereocenters. The first-order valence-electron chi connectivity index (χ1n) is 12.4. The summed E-state index contributed by atoms with van der Waals surface area (Å²) >= 11 is 0. The molecule has 3 aromatic rings. The van der Waals surface area contributed by atoms with Gasteiger partial charge in [-0.05, 0) is 62.6 Å². The van der Waals surface area contributed by atoms with Gasteiger partial charge in [-0.3, -0.25) is 14.0 Å². The van der Waals surface area contributed by atoms with Crippen molar-refractivity contribution in [3.8, 4) is 0 Å². The third kappa shape index (κ3) is 5.49. The van der Waals surface area contributed by atoms with Crippen molar-refractivity contribution in [3.63, 3.8) is 0 Å². The van der Waals surface area contributed by atoms with Crippen LogP contribution >= 0.6 is 0 Å². The SMILES string of the molecule is Cc1ccc(C(CNC(=O)c2cccc3nc(C4CCC(C(=O)O)CC4)cn23)CC(C)C)cc1. The molecule has 1 aromatic carbocycles. The lowest BCUT2D eigenvalue weighted by atomic mass is 9.81. The van der Waals surface area contributed by atoms with Gasteiger partial charge in [0.2, 0.25) is 0 Å². The Labute approximate surface area is 201 Å². The first-order chi connectivity index (χ1) is 16.3. The van der Waals surface area contributed by atoms with Crippen molar-refractivity contribution in [2.24, 2.45) is 11.8 Å². The molecule has 1 aliphatic rings. The fraction of sp³-hybridized carbons (Fsp3) is 0.464. The number of carboxylic acids is 1. The van der Waals surface area contributed by atoms with Crippen molar-refractivity contribution in [3.05, 3.63) is 71.2 Å². The number of hydrogen-bond acceptors (Lipinski definition) is 3. The highest BCUT2D eigenvalue weighted by molar-refractivity contribution is 5.93. The summed E-state index contributed by atoms with van der Waals surface area (Å²) in [6, 6.07) is 14.2. The van der Waals surface area contributed by atoms with E-state index in [2.05, 4.69) is 50.4 Å². The number of nitrogens with zero attached hydrogens (tertiary/aromatic N) is 2. The van der Waals surface area contributed by atoms with Crippen LogP contribution in [0.15, 0.2) is 48.7 Å². The molecule has 1 atom stereocenters. The first kappa shape index (κ1) is 24.0. The highest BCUT2D eigenvalue weighted by Gasteiger charge is 2.28. The Kier molecular flexibility index (Phi) is 7.35. The number of aryl methyl sites for hydroxylation is 1. The van der Waals surface area contributed by atoms with Crippen molar-refractivity contribution >= 4 is 17.5 Å². The van der Waals surface area contributed by atoms with Gasteiger partial charge < -0.3 is 10.4 Å². The number of benzene rings is 1. The zero-order chi connectivity index (χ0) is 24.2. The Morgan fingerprint density at radius 2 is 1.79 bits per heavy atom. The number of carbonyl (C=O) groups excluding carboxylic acids is 1. The van der Waals surface area contributed by atoms with Crippen molar-refractivity contribution in [1.29, 1.82) is 0 Å². The van der Waals surface area contributed by atoms with Crippen molar-refractivity contribution in [2.75, 3.05) is 6.54 Å². The molecule has 0 aliphatic heterocycles. The van der Waals surface area contributed by atoms with E-state index in [4.69, 9.17) is 4.98 Å². The molecule has 4 rings (SSSR count). The van der Waals surface area contributed by atoms with E-state index in [-0.39, 0.29) is 23.7 Å². The van der Waals surface area contributed by atoms with E-state index in [0.717, 1.165) is 30.6 Å². The monoisotopic (exact) mass is 461 g/mol. The van der Waals surface area contributed by atoms with Gasteiger partial charge in [0, 0.05) is 24.6 Å². The van der Waals surface area contributed by atoms with Gasteiger partial charge >= 0.3 is 5.97 Å². The van der Waals surface area contributed by atoms with Gasteiger partial charge in [0.15, 0.2) is 0 Å². The number of aromatic nitrogens is 2. The summed E-state index contributed by atoms with van der Waals surface area (Å²) in [6.07, 6.45) is 5.95. The number of carbonyl (C=O) groups is 2. The molecule has 180 valence electrons. The first-order valence-corrected chi connectivity index (χ1v) is 12.4. The van der Waals surface area contributed by atoms with Gasteiger partial charge in [-0.15, -0.1) is 0 Å². The minimum atomic E-state index is -0.700. The summed E-state index contributed by atoms with van der Waals surface area (Å²) in [7, 11) is 0. The third-order valence-corrected chi connectivity index (χ3v) is 7.05. The molecule has 0 bridgehead atoms. The van der Waals surface area contributed by atoms with E-state index in [1.165, 1.54) is 11.1 Å². The van der Waals surface area contributed by atoms with E-state index in [9.17, 15) is 14.7 Å². The molecule has 2 aromatic heterocycles. The second kappa shape index (κ2) is 10.4. The van der Waals surface area contributed by atoms with Crippen LogP contribution in [-0.4, -0.2) is 32.9 Å². The van der Waals surface area contributed by atoms with E-state index in [1.807, 2.05) is 28.8 Å². The Balaban J connectivity index is 1.48. The normalized spacial score (nSPS) is 19.3. The number of aliphatic carboxylic acids is 1. The molecular formula is C28H35N3O3. The maximum absolute atomic E-state index is 13.2. The number of carboxylic acid groups (broad SMARTS) is 1. The van der Waals surface area contributed by atoms with Crippen LogP contribution in [-0.2, 0) is 4.79 Å². The molecule has 0 radical (unpaired) electrons. The summed E-state index contributed by atoms with van der Waals surface area (Å²) < 4.78 is 1.87. The average molecular weight is 462 g/mol. The summed E-state index contributed by atoms with van der Waals surface area (Å²) in [5, 5.41) is 12.4. The maximum atomic E-state index is 13.2. The number of amides is 1. The van der Waals surface area contributed by atoms with Crippen LogP contribution in [0.3, 0.4) is 0 Å². The molecule has 2 N–H and O–H groups in total. The molecule has 0 spiro atoms. The Morgan fingerprint density at radius 1 is 1.09 bits per heavy atom. The molecule has 6 nitrogen and oxygen atoms in total. The van der Waals surface area contributed by atoms with E-state index in [0.29, 0.717) is 31.0 Å². The summed E-state index contributed by atoms with van der Waals surface area (Å²) in [6.45, 7) is 7.08. The van der Waals surface area contributed by atoms with E-state index >= 15 is 0 Å². The fourth-order valence-corrected chi connectivity index (χ4v) is 5.10. The minimum Gasteiger partial charge on any atom is -0.481 e. The predicted octanol–water partition coefficient (Wildman–Crippen LogP) is 5.56. The number of rotatable bonds is 8. The van der Waals surface area contributed by atoms with Crippen LogP contribution in [0, 0.1) is 18.8 Å². The lowest BCUT2D eigenvalue weighted by molar-refractivity contribution is -0.142. The third-order valence-electron chi connectivity index (χ3n) is 7.05. The molecule has 1 fully saturated rings. The number of pyridine rings is 1. The molecule has 1 amide bonds. The zero-order valence-electron chi connectivity index (χ0n) is 20.3. The second-order valence-electron chi connectivity index (χ2n) is 10.1. The highest BCUT2D eigenvalue weighted by atomic mass is 16.4. The van der Waals surface area contributed by atoms with Crippen LogP contribution in [0.2, 0.25) is 0 Å². The average Bonchev–Trinajstić information content (AvgIpc) is 3.26. The van der Waals surface area contributed by atoms with Crippen molar-refractivity contribution < 1.29 is 14.7 Å². The van der Waals surface area contributed by atoms with Crippen molar-refractivity contribution in [1.82, 2.24) is 14.7 Å². The molecular weight excluding hydrogens is 426 g/mol. The van der Waals surface area contributed by atoms with Gasteiger partial charge in [0.1, 0.15) is 11.3 Å². The summed E-state index contributed by atoms with van der Waals surface area (Å²) in [5.74, 6) is -0.0327. The van der Waals surface area contributed by atoms with Crippen LogP contribution in [0.5, 0.6) is 0 Å². The van der Waals surface area contributed by atoms with Crippen LogP contribution in [0.1, 0.15) is 85.1 Å². The summed E-state index contributed by atoms with van der Waals surface area (Å²) in [5.41, 5.74) is 4.75. The smallest absolute Gasteiger partial charge is 0.306 e. The van der Waals surface area contributed by atoms with Gasteiger partial charge in [0.05, 0.1) is 11.6 Å². The quantitative estimate of drug-likeness (QED) is 0.460. The van der Waals surface area contributed by atoms with Crippen LogP contribution in [0.4, 0.5) is 0 Å². The number of hydrogen-bond donors (Lipinski definition) is 2. The Bertz CT molecular complexity index is 1140. The maximum Gasteiger partial charge on any atom is 0.306 e. The standard InChI is InChI=1S/C28H35N3O3/c1-18(2)15-23(20-9-7-19(3)8-10-20)16-29-27(32)25-5-4-6-26-30-24(17-31(25)26)21-11-13-22(14-12-21)28(33)34/h4-10,17-18,21-23H,11-16H2,1-3H3,(H,29,32)(H,33,34). The topological polar surface area (TPSA) is 83.7 Å². The lowest BCUT2D eigenvalue weighted by Crippen LogP contribution is -2.30. The summed E-state index contributed by atoms with van der Waals surface area (Å²) in [4.78, 5) is 29.3. The molecule has 34 heavy (non-hydrogen) atoms. The van der Waals surface area contributed by atoms with E-state index < -0.39 is 5.97 Å². The van der Waals surface area contributed by atoms with Gasteiger partial charge in [-0.25, -0.2) is 4.98 Å². The number of fused-ring (bicyclic) bond motifs is 1. The molecule has 1 aliphatic carbocycles. The largest absolute Gasteiger partial charge is 0.481 e. The molecule has 6 heteroatoms. The molecule has 1 saturated carbocycles. The predicted molar refractivity (Wildman–Crippen MR) is 133 cm³/mol.